The number of para-hydroxylation sites is 1. The Hall–Kier alpha value is -1.26. The highest BCUT2D eigenvalue weighted by Gasteiger charge is 2.27. The molecule has 0 aliphatic heterocycles. The number of carbonyl (C=O) groups excluding carboxylic acids is 1. The van der Waals surface area contributed by atoms with Crippen molar-refractivity contribution in [3.8, 4) is 5.75 Å². The van der Waals surface area contributed by atoms with E-state index in [4.69, 9.17) is 22.1 Å². The maximum atomic E-state index is 11.9. The molecular formula is C15H23ClN2O2. The van der Waals surface area contributed by atoms with Gasteiger partial charge in [-0.25, -0.2) is 0 Å². The van der Waals surface area contributed by atoms with Crippen molar-refractivity contribution < 1.29 is 9.53 Å². The van der Waals surface area contributed by atoms with E-state index in [0.29, 0.717) is 17.3 Å². The Balaban J connectivity index is 2.46. The normalized spacial score (nSPS) is 14.5. The highest BCUT2D eigenvalue weighted by molar-refractivity contribution is 6.32. The van der Waals surface area contributed by atoms with Gasteiger partial charge < -0.3 is 15.8 Å². The molecule has 20 heavy (non-hydrogen) atoms. The van der Waals surface area contributed by atoms with E-state index in [1.165, 1.54) is 0 Å². The Morgan fingerprint density at radius 2 is 2.00 bits per heavy atom. The first-order valence-corrected chi connectivity index (χ1v) is 7.04. The van der Waals surface area contributed by atoms with Crippen molar-refractivity contribution in [3.05, 3.63) is 29.3 Å². The molecule has 0 aliphatic carbocycles. The quantitative estimate of drug-likeness (QED) is 0.878. The van der Waals surface area contributed by atoms with E-state index < -0.39 is 6.04 Å². The summed E-state index contributed by atoms with van der Waals surface area (Å²) in [7, 11) is 0. The van der Waals surface area contributed by atoms with Crippen molar-refractivity contribution in [2.24, 2.45) is 11.1 Å². The summed E-state index contributed by atoms with van der Waals surface area (Å²) >= 11 is 6.01. The first-order valence-electron chi connectivity index (χ1n) is 6.66. The fourth-order valence-electron chi connectivity index (χ4n) is 1.55. The van der Waals surface area contributed by atoms with E-state index >= 15 is 0 Å². The van der Waals surface area contributed by atoms with Crippen molar-refractivity contribution in [1.82, 2.24) is 5.32 Å². The van der Waals surface area contributed by atoms with Gasteiger partial charge >= 0.3 is 0 Å². The standard InChI is InChI=1S/C15H23ClN2O2/c1-10(20-12-8-6-5-7-11(12)16)9-18-14(19)13(17)15(2,3)4/h5-8,10,13H,9,17H2,1-4H3,(H,18,19)/t10?,13-/m1/s1. The molecule has 0 aromatic heterocycles. The first-order chi connectivity index (χ1) is 9.21. The number of nitrogens with two attached hydrogens (primary N) is 1. The average molecular weight is 299 g/mol. The van der Waals surface area contributed by atoms with Crippen LogP contribution in [0.25, 0.3) is 0 Å². The molecule has 2 atom stereocenters. The van der Waals surface area contributed by atoms with E-state index in [9.17, 15) is 4.79 Å². The molecule has 0 heterocycles. The van der Waals surface area contributed by atoms with E-state index in [-0.39, 0.29) is 17.4 Å². The van der Waals surface area contributed by atoms with Crippen LogP contribution in [0.3, 0.4) is 0 Å². The van der Waals surface area contributed by atoms with Gasteiger partial charge in [0.05, 0.1) is 17.6 Å². The maximum Gasteiger partial charge on any atom is 0.237 e. The van der Waals surface area contributed by atoms with Gasteiger partial charge in [0, 0.05) is 0 Å². The second-order valence-corrected chi connectivity index (χ2v) is 6.35. The topological polar surface area (TPSA) is 64.4 Å². The third-order valence-corrected chi connectivity index (χ3v) is 3.26. The fraction of sp³-hybridized carbons (Fsp3) is 0.533. The van der Waals surface area contributed by atoms with Crippen LogP contribution in [0.2, 0.25) is 5.02 Å². The van der Waals surface area contributed by atoms with Gasteiger partial charge in [0.1, 0.15) is 11.9 Å². The van der Waals surface area contributed by atoms with E-state index in [1.807, 2.05) is 39.8 Å². The van der Waals surface area contributed by atoms with E-state index in [1.54, 1.807) is 12.1 Å². The Kier molecular flexibility index (Phi) is 5.84. The Morgan fingerprint density at radius 3 is 2.55 bits per heavy atom. The molecule has 112 valence electrons. The molecule has 1 aromatic carbocycles. The number of halogens is 1. The zero-order chi connectivity index (χ0) is 15.3. The SMILES string of the molecule is CC(CNC(=O)[C@@H](N)C(C)(C)C)Oc1ccccc1Cl. The van der Waals surface area contributed by atoms with Crippen molar-refractivity contribution in [3.63, 3.8) is 0 Å². The average Bonchev–Trinajstić information content (AvgIpc) is 2.36. The number of hydrogen-bond donors (Lipinski definition) is 2. The van der Waals surface area contributed by atoms with Crippen molar-refractivity contribution in [2.75, 3.05) is 6.54 Å². The summed E-state index contributed by atoms with van der Waals surface area (Å²) in [6.45, 7) is 8.04. The van der Waals surface area contributed by atoms with Crippen LogP contribution in [-0.4, -0.2) is 24.6 Å². The summed E-state index contributed by atoms with van der Waals surface area (Å²) in [5, 5.41) is 3.35. The van der Waals surface area contributed by atoms with Gasteiger partial charge in [-0.2, -0.15) is 0 Å². The fourth-order valence-corrected chi connectivity index (χ4v) is 1.73. The molecule has 1 aromatic rings. The third-order valence-electron chi connectivity index (χ3n) is 2.94. The number of ether oxygens (including phenoxy) is 1. The first kappa shape index (κ1) is 16.8. The van der Waals surface area contributed by atoms with Crippen molar-refractivity contribution in [1.29, 1.82) is 0 Å². The van der Waals surface area contributed by atoms with Gasteiger partial charge in [-0.05, 0) is 24.5 Å². The minimum Gasteiger partial charge on any atom is -0.487 e. The smallest absolute Gasteiger partial charge is 0.237 e. The molecule has 0 fully saturated rings. The summed E-state index contributed by atoms with van der Waals surface area (Å²) in [4.78, 5) is 11.9. The van der Waals surface area contributed by atoms with Crippen LogP contribution in [0.1, 0.15) is 27.7 Å². The zero-order valence-corrected chi connectivity index (χ0v) is 13.2. The Morgan fingerprint density at radius 1 is 1.40 bits per heavy atom. The molecule has 4 nitrogen and oxygen atoms in total. The van der Waals surface area contributed by atoms with Crippen LogP contribution in [0.5, 0.6) is 5.75 Å². The molecule has 5 heteroatoms. The number of nitrogens with one attached hydrogen (secondary N) is 1. The zero-order valence-electron chi connectivity index (χ0n) is 12.4. The highest BCUT2D eigenvalue weighted by atomic mass is 35.5. The Labute approximate surface area is 125 Å². The molecule has 0 bridgehead atoms. The van der Waals surface area contributed by atoms with Crippen LogP contribution >= 0.6 is 11.6 Å². The number of rotatable bonds is 5. The number of hydrogen-bond acceptors (Lipinski definition) is 3. The molecule has 1 unspecified atom stereocenters. The monoisotopic (exact) mass is 298 g/mol. The van der Waals surface area contributed by atoms with Crippen molar-refractivity contribution in [2.45, 2.75) is 39.8 Å². The summed E-state index contributed by atoms with van der Waals surface area (Å²) in [6.07, 6.45) is -0.189. The predicted molar refractivity (Wildman–Crippen MR) is 82.0 cm³/mol. The predicted octanol–water partition coefficient (Wildman–Crippen LogP) is 2.60. The van der Waals surface area contributed by atoms with Gasteiger partial charge in [0.25, 0.3) is 0 Å². The molecule has 0 spiro atoms. The molecule has 3 N–H and O–H groups in total. The molecule has 1 rings (SSSR count). The third kappa shape index (κ3) is 5.02. The largest absolute Gasteiger partial charge is 0.487 e. The molecule has 0 saturated carbocycles. The minimum atomic E-state index is -0.546. The molecule has 0 aliphatic rings. The lowest BCUT2D eigenvalue weighted by atomic mass is 9.87. The van der Waals surface area contributed by atoms with Crippen LogP contribution in [0.15, 0.2) is 24.3 Å². The lowest BCUT2D eigenvalue weighted by Gasteiger charge is -2.26. The van der Waals surface area contributed by atoms with Gasteiger partial charge in [-0.15, -0.1) is 0 Å². The summed E-state index contributed by atoms with van der Waals surface area (Å²) < 4.78 is 5.67. The molecule has 0 radical (unpaired) electrons. The van der Waals surface area contributed by atoms with E-state index in [0.717, 1.165) is 0 Å². The lowest BCUT2D eigenvalue weighted by Crippen LogP contribution is -2.50. The van der Waals surface area contributed by atoms with Crippen LogP contribution < -0.4 is 15.8 Å². The summed E-state index contributed by atoms with van der Waals surface area (Å²) in [6, 6.07) is 6.70. The molecular weight excluding hydrogens is 276 g/mol. The lowest BCUT2D eigenvalue weighted by molar-refractivity contribution is -0.124. The van der Waals surface area contributed by atoms with Crippen LogP contribution in [-0.2, 0) is 4.79 Å². The second-order valence-electron chi connectivity index (χ2n) is 5.95. The van der Waals surface area contributed by atoms with Gasteiger partial charge in [0.15, 0.2) is 0 Å². The number of benzene rings is 1. The van der Waals surface area contributed by atoms with E-state index in [2.05, 4.69) is 5.32 Å². The van der Waals surface area contributed by atoms with Crippen LogP contribution in [0.4, 0.5) is 0 Å². The van der Waals surface area contributed by atoms with Gasteiger partial charge in [-0.3, -0.25) is 4.79 Å². The minimum absolute atomic E-state index is 0.174. The second kappa shape index (κ2) is 6.95. The maximum absolute atomic E-state index is 11.9. The van der Waals surface area contributed by atoms with Crippen LogP contribution in [0, 0.1) is 5.41 Å². The molecule has 1 amide bonds. The highest BCUT2D eigenvalue weighted by Crippen LogP contribution is 2.24. The van der Waals surface area contributed by atoms with Gasteiger partial charge in [-0.1, -0.05) is 44.5 Å². The molecule has 0 saturated heterocycles. The number of carbonyl (C=O) groups is 1. The summed E-state index contributed by atoms with van der Waals surface area (Å²) in [5.74, 6) is 0.433. The number of amides is 1. The Bertz CT molecular complexity index is 457. The van der Waals surface area contributed by atoms with Crippen molar-refractivity contribution >= 4 is 17.5 Å². The van der Waals surface area contributed by atoms with Gasteiger partial charge in [0.2, 0.25) is 5.91 Å². The summed E-state index contributed by atoms with van der Waals surface area (Å²) in [5.41, 5.74) is 5.62.